The fourth-order valence-electron chi connectivity index (χ4n) is 2.40. The van der Waals surface area contributed by atoms with Crippen LogP contribution >= 0.6 is 11.3 Å². The zero-order valence-electron chi connectivity index (χ0n) is 11.1. The largest absolute Gasteiger partial charge is 0.306 e. The maximum atomic E-state index is 4.44. The van der Waals surface area contributed by atoms with Crippen LogP contribution in [0.3, 0.4) is 0 Å². The third-order valence-electron chi connectivity index (χ3n) is 3.34. The molecular formula is C15H17N3S. The van der Waals surface area contributed by atoms with Crippen molar-refractivity contribution in [3.8, 4) is 0 Å². The summed E-state index contributed by atoms with van der Waals surface area (Å²) < 4.78 is 1.93. The van der Waals surface area contributed by atoms with E-state index in [4.69, 9.17) is 0 Å². The Hall–Kier alpha value is -1.65. The van der Waals surface area contributed by atoms with Crippen LogP contribution in [0.4, 0.5) is 0 Å². The highest BCUT2D eigenvalue weighted by molar-refractivity contribution is 7.10. The van der Waals surface area contributed by atoms with Gasteiger partial charge in [-0.25, -0.2) is 4.52 Å². The molecule has 0 aromatic carbocycles. The maximum Gasteiger partial charge on any atom is 0.0713 e. The summed E-state index contributed by atoms with van der Waals surface area (Å²) >= 11 is 1.80. The highest BCUT2D eigenvalue weighted by atomic mass is 32.1. The van der Waals surface area contributed by atoms with Gasteiger partial charge in [0.05, 0.1) is 17.8 Å². The minimum atomic E-state index is 0.227. The SMILES string of the molecule is CCNC(c1sccc1C)c1cnn2ccccc12. The predicted molar refractivity (Wildman–Crippen MR) is 79.8 cm³/mol. The summed E-state index contributed by atoms with van der Waals surface area (Å²) in [5.74, 6) is 0. The number of nitrogens with zero attached hydrogens (tertiary/aromatic N) is 2. The van der Waals surface area contributed by atoms with Crippen molar-refractivity contribution < 1.29 is 0 Å². The predicted octanol–water partition coefficient (Wildman–Crippen LogP) is 3.40. The molecule has 1 N–H and O–H groups in total. The van der Waals surface area contributed by atoms with Crippen molar-refractivity contribution >= 4 is 16.9 Å². The van der Waals surface area contributed by atoms with Crippen LogP contribution in [0, 0.1) is 6.92 Å². The fraction of sp³-hybridized carbons (Fsp3) is 0.267. The van der Waals surface area contributed by atoms with Crippen molar-refractivity contribution in [2.45, 2.75) is 19.9 Å². The molecule has 1 unspecified atom stereocenters. The summed E-state index contributed by atoms with van der Waals surface area (Å²) in [6, 6.07) is 8.59. The van der Waals surface area contributed by atoms with E-state index in [1.807, 2.05) is 23.0 Å². The Labute approximate surface area is 116 Å². The lowest BCUT2D eigenvalue weighted by Crippen LogP contribution is -2.21. The smallest absolute Gasteiger partial charge is 0.0713 e. The molecule has 3 heterocycles. The van der Waals surface area contributed by atoms with Crippen LogP contribution in [0.5, 0.6) is 0 Å². The van der Waals surface area contributed by atoms with Gasteiger partial charge in [-0.05, 0) is 42.6 Å². The van der Waals surface area contributed by atoms with Crippen LogP contribution in [-0.4, -0.2) is 16.2 Å². The molecule has 0 aliphatic heterocycles. The van der Waals surface area contributed by atoms with E-state index in [0.717, 1.165) is 6.54 Å². The van der Waals surface area contributed by atoms with Gasteiger partial charge < -0.3 is 5.32 Å². The molecule has 3 aromatic rings. The number of aryl methyl sites for hydroxylation is 1. The quantitative estimate of drug-likeness (QED) is 0.788. The summed E-state index contributed by atoms with van der Waals surface area (Å²) in [5.41, 5.74) is 3.75. The van der Waals surface area contributed by atoms with E-state index >= 15 is 0 Å². The molecule has 0 spiro atoms. The van der Waals surface area contributed by atoms with Gasteiger partial charge >= 0.3 is 0 Å². The van der Waals surface area contributed by atoms with E-state index in [-0.39, 0.29) is 6.04 Å². The zero-order valence-corrected chi connectivity index (χ0v) is 11.9. The molecule has 0 radical (unpaired) electrons. The standard InChI is InChI=1S/C15H17N3S/c1-3-16-14(15-11(2)7-9-19-15)12-10-17-18-8-5-4-6-13(12)18/h4-10,14,16H,3H2,1-2H3. The van der Waals surface area contributed by atoms with E-state index in [0.29, 0.717) is 0 Å². The molecule has 0 saturated carbocycles. The normalized spacial score (nSPS) is 12.9. The summed E-state index contributed by atoms with van der Waals surface area (Å²) in [7, 11) is 0. The van der Waals surface area contributed by atoms with Crippen LogP contribution in [-0.2, 0) is 0 Å². The first-order valence-corrected chi connectivity index (χ1v) is 7.39. The maximum absolute atomic E-state index is 4.44. The second-order valence-corrected chi connectivity index (χ2v) is 5.54. The van der Waals surface area contributed by atoms with Gasteiger partial charge in [0.15, 0.2) is 0 Å². The summed E-state index contributed by atoms with van der Waals surface area (Å²) in [6.45, 7) is 5.25. The van der Waals surface area contributed by atoms with Crippen molar-refractivity contribution in [3.05, 3.63) is 58.0 Å². The van der Waals surface area contributed by atoms with Crippen LogP contribution in [0.25, 0.3) is 5.52 Å². The average Bonchev–Trinajstić information content (AvgIpc) is 3.03. The fourth-order valence-corrected chi connectivity index (χ4v) is 3.42. The first-order chi connectivity index (χ1) is 9.31. The molecule has 0 aliphatic rings. The van der Waals surface area contributed by atoms with Crippen molar-refractivity contribution in [1.29, 1.82) is 0 Å². The number of hydrogen-bond acceptors (Lipinski definition) is 3. The molecule has 1 atom stereocenters. The molecule has 0 bridgehead atoms. The van der Waals surface area contributed by atoms with Crippen molar-refractivity contribution in [3.63, 3.8) is 0 Å². The van der Waals surface area contributed by atoms with Gasteiger partial charge in [-0.3, -0.25) is 0 Å². The second kappa shape index (κ2) is 5.15. The molecule has 3 rings (SSSR count). The topological polar surface area (TPSA) is 29.3 Å². The molecule has 0 amide bonds. The van der Waals surface area contributed by atoms with Gasteiger partial charge in [-0.15, -0.1) is 11.3 Å². The first-order valence-electron chi connectivity index (χ1n) is 6.51. The van der Waals surface area contributed by atoms with E-state index in [1.165, 1.54) is 21.5 Å². The highest BCUT2D eigenvalue weighted by Gasteiger charge is 2.20. The van der Waals surface area contributed by atoms with Crippen LogP contribution in [0.2, 0.25) is 0 Å². The Morgan fingerprint density at radius 2 is 2.26 bits per heavy atom. The molecule has 0 saturated heterocycles. The number of rotatable bonds is 4. The highest BCUT2D eigenvalue weighted by Crippen LogP contribution is 2.31. The average molecular weight is 271 g/mol. The molecule has 4 heteroatoms. The number of fused-ring (bicyclic) bond motifs is 1. The van der Waals surface area contributed by atoms with Gasteiger partial charge in [0.25, 0.3) is 0 Å². The van der Waals surface area contributed by atoms with Gasteiger partial charge in [-0.1, -0.05) is 13.0 Å². The zero-order chi connectivity index (χ0) is 13.2. The monoisotopic (exact) mass is 271 g/mol. The summed E-state index contributed by atoms with van der Waals surface area (Å²) in [5, 5.41) is 10.2. The molecule has 0 aliphatic carbocycles. The third-order valence-corrected chi connectivity index (χ3v) is 4.42. The lowest BCUT2D eigenvalue weighted by atomic mass is 10.0. The molecule has 0 fully saturated rings. The second-order valence-electron chi connectivity index (χ2n) is 4.59. The number of pyridine rings is 1. The molecule has 3 aromatic heterocycles. The molecule has 98 valence electrons. The molecule has 19 heavy (non-hydrogen) atoms. The number of hydrogen-bond donors (Lipinski definition) is 1. The Kier molecular flexibility index (Phi) is 3.36. The third kappa shape index (κ3) is 2.17. The van der Waals surface area contributed by atoms with E-state index in [9.17, 15) is 0 Å². The minimum absolute atomic E-state index is 0.227. The lowest BCUT2D eigenvalue weighted by Gasteiger charge is -2.16. The first kappa shape index (κ1) is 12.4. The Morgan fingerprint density at radius 3 is 3.00 bits per heavy atom. The van der Waals surface area contributed by atoms with E-state index < -0.39 is 0 Å². The van der Waals surface area contributed by atoms with Crippen LogP contribution in [0.1, 0.15) is 29.0 Å². The van der Waals surface area contributed by atoms with Gasteiger partial charge in [-0.2, -0.15) is 5.10 Å². The Bertz CT molecular complexity index is 683. The summed E-state index contributed by atoms with van der Waals surface area (Å²) in [4.78, 5) is 1.38. The van der Waals surface area contributed by atoms with Crippen molar-refractivity contribution in [1.82, 2.24) is 14.9 Å². The lowest BCUT2D eigenvalue weighted by molar-refractivity contribution is 0.641. The number of aromatic nitrogens is 2. The van der Waals surface area contributed by atoms with E-state index in [2.05, 4.69) is 47.8 Å². The minimum Gasteiger partial charge on any atom is -0.306 e. The Morgan fingerprint density at radius 1 is 1.37 bits per heavy atom. The molecule has 3 nitrogen and oxygen atoms in total. The van der Waals surface area contributed by atoms with Gasteiger partial charge in [0.1, 0.15) is 0 Å². The van der Waals surface area contributed by atoms with Crippen molar-refractivity contribution in [2.75, 3.05) is 6.54 Å². The van der Waals surface area contributed by atoms with E-state index in [1.54, 1.807) is 11.3 Å². The van der Waals surface area contributed by atoms with Crippen molar-refractivity contribution in [2.24, 2.45) is 0 Å². The van der Waals surface area contributed by atoms with Crippen LogP contribution in [0.15, 0.2) is 42.0 Å². The number of nitrogens with one attached hydrogen (secondary N) is 1. The van der Waals surface area contributed by atoms with Crippen LogP contribution < -0.4 is 5.32 Å². The Balaban J connectivity index is 2.12. The summed E-state index contributed by atoms with van der Waals surface area (Å²) in [6.07, 6.45) is 3.96. The number of thiophene rings is 1. The molecular weight excluding hydrogens is 254 g/mol. The van der Waals surface area contributed by atoms with Gasteiger partial charge in [0, 0.05) is 16.6 Å². The van der Waals surface area contributed by atoms with Gasteiger partial charge in [0.2, 0.25) is 0 Å².